The molecule has 0 aliphatic carbocycles. The summed E-state index contributed by atoms with van der Waals surface area (Å²) in [5, 5.41) is 11.7. The third kappa shape index (κ3) is 3.80. The van der Waals surface area contributed by atoms with Gasteiger partial charge in [-0.3, -0.25) is 0 Å². The Morgan fingerprint density at radius 1 is 1.00 bits per heavy atom. The Labute approximate surface area is 125 Å². The number of aromatic hydroxyl groups is 1. The summed E-state index contributed by atoms with van der Waals surface area (Å²) in [7, 11) is 0. The van der Waals surface area contributed by atoms with Crippen LogP contribution >= 0.6 is 11.6 Å². The number of phenols is 1. The molecule has 2 nitrogen and oxygen atoms in total. The number of alkyl halides is 1. The smallest absolute Gasteiger partial charge is 0.127 e. The second-order valence-corrected chi connectivity index (χ2v) is 5.46. The summed E-state index contributed by atoms with van der Waals surface area (Å²) in [6.07, 6.45) is 4.40. The van der Waals surface area contributed by atoms with Gasteiger partial charge in [-0.15, -0.1) is 11.6 Å². The second kappa shape index (κ2) is 7.39. The van der Waals surface area contributed by atoms with Crippen LogP contribution in [-0.2, 0) is 0 Å². The van der Waals surface area contributed by atoms with E-state index in [4.69, 9.17) is 16.3 Å². The molecular formula is C17H21ClO2. The number of hydrogen-bond acceptors (Lipinski definition) is 2. The fraction of sp³-hybridized carbons (Fsp3) is 0.412. The Morgan fingerprint density at radius 3 is 2.60 bits per heavy atom. The molecule has 0 atom stereocenters. The molecule has 0 aliphatic heterocycles. The van der Waals surface area contributed by atoms with Crippen LogP contribution in [0.4, 0.5) is 0 Å². The molecule has 0 unspecified atom stereocenters. The Bertz CT molecular complexity index is 566. The molecule has 3 heteroatoms. The highest BCUT2D eigenvalue weighted by atomic mass is 35.5. The van der Waals surface area contributed by atoms with Crippen molar-refractivity contribution in [1.82, 2.24) is 0 Å². The first-order valence-corrected chi connectivity index (χ1v) is 7.67. The van der Waals surface area contributed by atoms with Crippen LogP contribution < -0.4 is 4.74 Å². The molecule has 0 aliphatic rings. The predicted octanol–water partition coefficient (Wildman–Crippen LogP) is 5.03. The third-order valence-electron chi connectivity index (χ3n) is 3.39. The number of phenolic OH excluding ortho intramolecular Hbond substituents is 1. The number of fused-ring (bicyclic) bond motifs is 1. The maximum Gasteiger partial charge on any atom is 0.127 e. The number of rotatable bonds is 7. The lowest BCUT2D eigenvalue weighted by atomic mass is 10.1. The first-order valence-electron chi connectivity index (χ1n) is 7.13. The van der Waals surface area contributed by atoms with Gasteiger partial charge >= 0.3 is 0 Å². The number of aryl methyl sites for hydroxylation is 1. The summed E-state index contributed by atoms with van der Waals surface area (Å²) in [4.78, 5) is 0. The minimum absolute atomic E-state index is 0.300. The van der Waals surface area contributed by atoms with Crippen LogP contribution in [0.15, 0.2) is 30.3 Å². The molecule has 1 N–H and O–H groups in total. The minimum Gasteiger partial charge on any atom is -0.507 e. The van der Waals surface area contributed by atoms with E-state index in [2.05, 4.69) is 6.07 Å². The van der Waals surface area contributed by atoms with Crippen LogP contribution in [0.3, 0.4) is 0 Å². The molecule has 0 aromatic heterocycles. The number of unbranched alkanes of at least 4 members (excludes halogenated alkanes) is 3. The van der Waals surface area contributed by atoms with Crippen molar-refractivity contribution in [3.8, 4) is 11.5 Å². The summed E-state index contributed by atoms with van der Waals surface area (Å²) < 4.78 is 5.87. The molecule has 0 saturated heterocycles. The zero-order valence-corrected chi connectivity index (χ0v) is 12.6. The first-order chi connectivity index (χ1) is 9.72. The van der Waals surface area contributed by atoms with Gasteiger partial charge in [0.1, 0.15) is 11.5 Å². The van der Waals surface area contributed by atoms with Gasteiger partial charge in [0.15, 0.2) is 0 Å². The van der Waals surface area contributed by atoms with Gasteiger partial charge in [-0.05, 0) is 38.0 Å². The molecule has 20 heavy (non-hydrogen) atoms. The Balaban J connectivity index is 2.03. The van der Waals surface area contributed by atoms with Crippen LogP contribution in [0, 0.1) is 6.92 Å². The van der Waals surface area contributed by atoms with E-state index in [1.807, 2.05) is 25.1 Å². The van der Waals surface area contributed by atoms with Crippen molar-refractivity contribution in [2.24, 2.45) is 0 Å². The van der Waals surface area contributed by atoms with E-state index in [1.54, 1.807) is 6.07 Å². The van der Waals surface area contributed by atoms with Crippen molar-refractivity contribution in [1.29, 1.82) is 0 Å². The molecule has 2 aromatic rings. The highest BCUT2D eigenvalue weighted by molar-refractivity contribution is 6.17. The molecular weight excluding hydrogens is 272 g/mol. The molecule has 2 aromatic carbocycles. The van der Waals surface area contributed by atoms with Crippen molar-refractivity contribution in [2.45, 2.75) is 32.6 Å². The van der Waals surface area contributed by atoms with E-state index < -0.39 is 0 Å². The van der Waals surface area contributed by atoms with E-state index in [1.165, 1.54) is 0 Å². The van der Waals surface area contributed by atoms with E-state index in [0.29, 0.717) is 12.4 Å². The summed E-state index contributed by atoms with van der Waals surface area (Å²) in [6.45, 7) is 2.75. The average molecular weight is 293 g/mol. The highest BCUT2D eigenvalue weighted by Gasteiger charge is 2.06. The number of ether oxygens (including phenoxy) is 1. The highest BCUT2D eigenvalue weighted by Crippen LogP contribution is 2.33. The van der Waals surface area contributed by atoms with Crippen molar-refractivity contribution >= 4 is 22.4 Å². The van der Waals surface area contributed by atoms with Gasteiger partial charge in [0, 0.05) is 16.7 Å². The van der Waals surface area contributed by atoms with Crippen molar-refractivity contribution in [3.05, 3.63) is 35.9 Å². The van der Waals surface area contributed by atoms with Crippen molar-refractivity contribution < 1.29 is 9.84 Å². The monoisotopic (exact) mass is 292 g/mol. The Hall–Kier alpha value is -1.41. The molecule has 0 heterocycles. The number of halogens is 1. The van der Waals surface area contributed by atoms with Crippen molar-refractivity contribution in [2.75, 3.05) is 12.5 Å². The quantitative estimate of drug-likeness (QED) is 0.573. The van der Waals surface area contributed by atoms with Gasteiger partial charge in [-0.25, -0.2) is 0 Å². The SMILES string of the molecule is Cc1ccc2c(O)ccc(OCCCCCCCl)c2c1. The van der Waals surface area contributed by atoms with Crippen LogP contribution in [0.5, 0.6) is 11.5 Å². The van der Waals surface area contributed by atoms with Gasteiger partial charge in [0.25, 0.3) is 0 Å². The third-order valence-corrected chi connectivity index (χ3v) is 3.66. The van der Waals surface area contributed by atoms with Gasteiger partial charge in [-0.1, -0.05) is 30.5 Å². The largest absolute Gasteiger partial charge is 0.507 e. The molecule has 2 rings (SSSR count). The lowest BCUT2D eigenvalue weighted by molar-refractivity contribution is 0.308. The van der Waals surface area contributed by atoms with Crippen LogP contribution in [-0.4, -0.2) is 17.6 Å². The summed E-state index contributed by atoms with van der Waals surface area (Å²) >= 11 is 5.65. The minimum atomic E-state index is 0.300. The van der Waals surface area contributed by atoms with Crippen LogP contribution in [0.1, 0.15) is 31.2 Å². The molecule has 0 saturated carbocycles. The lowest BCUT2D eigenvalue weighted by Gasteiger charge is -2.11. The summed E-state index contributed by atoms with van der Waals surface area (Å²) in [6, 6.07) is 9.53. The maximum atomic E-state index is 9.89. The number of benzene rings is 2. The summed E-state index contributed by atoms with van der Waals surface area (Å²) in [5.74, 6) is 1.89. The van der Waals surface area contributed by atoms with Gasteiger partial charge in [0.2, 0.25) is 0 Å². The Morgan fingerprint density at radius 2 is 1.80 bits per heavy atom. The zero-order chi connectivity index (χ0) is 14.4. The van der Waals surface area contributed by atoms with Gasteiger partial charge < -0.3 is 9.84 Å². The summed E-state index contributed by atoms with van der Waals surface area (Å²) in [5.41, 5.74) is 1.16. The molecule has 0 bridgehead atoms. The van der Waals surface area contributed by atoms with Gasteiger partial charge in [-0.2, -0.15) is 0 Å². The van der Waals surface area contributed by atoms with E-state index >= 15 is 0 Å². The van der Waals surface area contributed by atoms with E-state index in [0.717, 1.165) is 53.6 Å². The second-order valence-electron chi connectivity index (χ2n) is 5.08. The van der Waals surface area contributed by atoms with Gasteiger partial charge in [0.05, 0.1) is 6.61 Å². The number of hydrogen-bond donors (Lipinski definition) is 1. The van der Waals surface area contributed by atoms with Crippen molar-refractivity contribution in [3.63, 3.8) is 0 Å². The molecule has 0 amide bonds. The topological polar surface area (TPSA) is 29.5 Å². The van der Waals surface area contributed by atoms with E-state index in [-0.39, 0.29) is 0 Å². The first kappa shape index (κ1) is 15.0. The zero-order valence-electron chi connectivity index (χ0n) is 11.9. The average Bonchev–Trinajstić information content (AvgIpc) is 2.45. The fourth-order valence-electron chi connectivity index (χ4n) is 2.28. The molecule has 0 spiro atoms. The molecule has 0 radical (unpaired) electrons. The van der Waals surface area contributed by atoms with Crippen LogP contribution in [0.2, 0.25) is 0 Å². The van der Waals surface area contributed by atoms with E-state index in [9.17, 15) is 5.11 Å². The molecule has 108 valence electrons. The van der Waals surface area contributed by atoms with Crippen LogP contribution in [0.25, 0.3) is 10.8 Å². The normalized spacial score (nSPS) is 10.9. The Kier molecular flexibility index (Phi) is 5.54. The molecule has 0 fully saturated rings. The standard InChI is InChI=1S/C17H21ClO2/c1-13-6-7-14-15(12-13)17(9-8-16(14)19)20-11-5-3-2-4-10-18/h6-9,12,19H,2-5,10-11H2,1H3. The fourth-order valence-corrected chi connectivity index (χ4v) is 2.47. The lowest BCUT2D eigenvalue weighted by Crippen LogP contribution is -1.98. The predicted molar refractivity (Wildman–Crippen MR) is 85.0 cm³/mol. The maximum absolute atomic E-state index is 9.89.